The zero-order chi connectivity index (χ0) is 12.7. The number of aliphatic hydroxyl groups excluding tert-OH is 1. The zero-order valence-corrected chi connectivity index (χ0v) is 9.82. The van der Waals surface area contributed by atoms with E-state index < -0.39 is 11.7 Å². The molecule has 0 fully saturated rings. The van der Waals surface area contributed by atoms with Crippen LogP contribution in [0.3, 0.4) is 0 Å². The number of carbonyl (C=O) groups excluding carboxylic acids is 1. The molecule has 0 aliphatic carbocycles. The number of nitrogens with zero attached hydrogens (tertiary/aromatic N) is 1. The van der Waals surface area contributed by atoms with Crippen molar-refractivity contribution >= 4 is 5.91 Å². The van der Waals surface area contributed by atoms with Gasteiger partial charge in [-0.1, -0.05) is 13.3 Å². The lowest BCUT2D eigenvalue weighted by Crippen LogP contribution is -2.30. The molecule has 0 radical (unpaired) electrons. The Morgan fingerprint density at radius 3 is 3.00 bits per heavy atom. The van der Waals surface area contributed by atoms with E-state index in [1.807, 2.05) is 6.92 Å². The summed E-state index contributed by atoms with van der Waals surface area (Å²) in [5, 5.41) is 11.5. The number of hydrogen-bond acceptors (Lipinski definition) is 3. The van der Waals surface area contributed by atoms with Crippen LogP contribution in [0, 0.1) is 11.7 Å². The van der Waals surface area contributed by atoms with Crippen molar-refractivity contribution in [2.24, 2.45) is 5.92 Å². The first kappa shape index (κ1) is 13.6. The van der Waals surface area contributed by atoms with Crippen LogP contribution < -0.4 is 5.32 Å². The predicted molar refractivity (Wildman–Crippen MR) is 62.0 cm³/mol. The van der Waals surface area contributed by atoms with Crippen LogP contribution in [0.15, 0.2) is 18.5 Å². The molecular formula is C12H17FN2O2. The summed E-state index contributed by atoms with van der Waals surface area (Å²) in [7, 11) is 0. The smallest absolute Gasteiger partial charge is 0.254 e. The molecule has 1 amide bonds. The zero-order valence-electron chi connectivity index (χ0n) is 9.82. The van der Waals surface area contributed by atoms with E-state index in [4.69, 9.17) is 5.11 Å². The Morgan fingerprint density at radius 1 is 1.65 bits per heavy atom. The fourth-order valence-electron chi connectivity index (χ4n) is 1.52. The van der Waals surface area contributed by atoms with Crippen LogP contribution in [0.5, 0.6) is 0 Å². The van der Waals surface area contributed by atoms with Crippen LogP contribution in [0.2, 0.25) is 0 Å². The van der Waals surface area contributed by atoms with Crippen molar-refractivity contribution in [3.63, 3.8) is 0 Å². The third kappa shape index (κ3) is 4.11. The standard InChI is InChI=1S/C12H17FN2O2/c1-2-9(4-6-16)7-15-12(17)10-3-5-14-8-11(10)13/h3,5,8-9,16H,2,4,6-7H2,1H3,(H,15,17). The summed E-state index contributed by atoms with van der Waals surface area (Å²) in [6, 6.07) is 1.34. The minimum absolute atomic E-state index is 0.00106. The van der Waals surface area contributed by atoms with Gasteiger partial charge < -0.3 is 10.4 Å². The second-order valence-corrected chi connectivity index (χ2v) is 3.85. The molecule has 17 heavy (non-hydrogen) atoms. The number of aliphatic hydroxyl groups is 1. The highest BCUT2D eigenvalue weighted by Crippen LogP contribution is 2.08. The second kappa shape index (κ2) is 6.96. The molecule has 5 heteroatoms. The number of halogens is 1. The van der Waals surface area contributed by atoms with E-state index in [0.29, 0.717) is 13.0 Å². The number of carbonyl (C=O) groups is 1. The normalized spacial score (nSPS) is 12.2. The number of rotatable bonds is 6. The monoisotopic (exact) mass is 240 g/mol. The number of nitrogens with one attached hydrogen (secondary N) is 1. The number of amides is 1. The van der Waals surface area contributed by atoms with Gasteiger partial charge in [-0.2, -0.15) is 0 Å². The van der Waals surface area contributed by atoms with Gasteiger partial charge in [0.15, 0.2) is 5.82 Å². The lowest BCUT2D eigenvalue weighted by atomic mass is 10.0. The molecule has 1 unspecified atom stereocenters. The molecule has 0 bridgehead atoms. The molecule has 1 atom stereocenters. The SMILES string of the molecule is CCC(CCO)CNC(=O)c1ccncc1F. The van der Waals surface area contributed by atoms with Crippen molar-refractivity contribution in [2.45, 2.75) is 19.8 Å². The third-order valence-electron chi connectivity index (χ3n) is 2.68. The average molecular weight is 240 g/mol. The van der Waals surface area contributed by atoms with Gasteiger partial charge in [-0.25, -0.2) is 4.39 Å². The van der Waals surface area contributed by atoms with E-state index in [1.54, 1.807) is 0 Å². The fourth-order valence-corrected chi connectivity index (χ4v) is 1.52. The molecule has 4 nitrogen and oxygen atoms in total. The Morgan fingerprint density at radius 2 is 2.41 bits per heavy atom. The van der Waals surface area contributed by atoms with Crippen LogP contribution in [0.4, 0.5) is 4.39 Å². The predicted octanol–water partition coefficient (Wildman–Crippen LogP) is 1.36. The molecule has 0 saturated carbocycles. The van der Waals surface area contributed by atoms with E-state index >= 15 is 0 Å². The molecule has 1 heterocycles. The maximum absolute atomic E-state index is 13.2. The topological polar surface area (TPSA) is 62.2 Å². The van der Waals surface area contributed by atoms with Crippen LogP contribution in [0.1, 0.15) is 30.1 Å². The third-order valence-corrected chi connectivity index (χ3v) is 2.68. The van der Waals surface area contributed by atoms with Gasteiger partial charge in [0, 0.05) is 19.3 Å². The highest BCUT2D eigenvalue weighted by Gasteiger charge is 2.13. The summed E-state index contributed by atoms with van der Waals surface area (Å²) in [6.45, 7) is 2.52. The summed E-state index contributed by atoms with van der Waals surface area (Å²) in [5.41, 5.74) is -0.00106. The van der Waals surface area contributed by atoms with E-state index in [9.17, 15) is 9.18 Å². The first-order valence-corrected chi connectivity index (χ1v) is 5.67. The highest BCUT2D eigenvalue weighted by atomic mass is 19.1. The van der Waals surface area contributed by atoms with E-state index in [2.05, 4.69) is 10.3 Å². The molecule has 1 rings (SSSR count). The van der Waals surface area contributed by atoms with Gasteiger partial charge in [0.2, 0.25) is 0 Å². The van der Waals surface area contributed by atoms with Crippen molar-refractivity contribution < 1.29 is 14.3 Å². The molecule has 0 aromatic carbocycles. The molecule has 0 aliphatic rings. The van der Waals surface area contributed by atoms with Crippen molar-refractivity contribution in [1.82, 2.24) is 10.3 Å². The Bertz CT molecular complexity index is 371. The summed E-state index contributed by atoms with van der Waals surface area (Å²) in [5.74, 6) is -0.852. The Balaban J connectivity index is 2.52. The van der Waals surface area contributed by atoms with Gasteiger partial charge in [-0.3, -0.25) is 9.78 Å². The van der Waals surface area contributed by atoms with Crippen molar-refractivity contribution in [3.8, 4) is 0 Å². The summed E-state index contributed by atoms with van der Waals surface area (Å²) in [6.07, 6.45) is 3.89. The van der Waals surface area contributed by atoms with E-state index in [-0.39, 0.29) is 18.1 Å². The lowest BCUT2D eigenvalue weighted by Gasteiger charge is -2.14. The highest BCUT2D eigenvalue weighted by molar-refractivity contribution is 5.94. The Labute approximate surface area is 99.9 Å². The quantitative estimate of drug-likeness (QED) is 0.789. The van der Waals surface area contributed by atoms with Gasteiger partial charge >= 0.3 is 0 Å². The molecule has 94 valence electrons. The molecule has 1 aromatic rings. The lowest BCUT2D eigenvalue weighted by molar-refractivity contribution is 0.0939. The molecule has 1 aromatic heterocycles. The molecule has 0 aliphatic heterocycles. The molecule has 0 saturated heterocycles. The Hall–Kier alpha value is -1.49. The summed E-state index contributed by atoms with van der Waals surface area (Å²) < 4.78 is 13.2. The van der Waals surface area contributed by atoms with Crippen LogP contribution in [0.25, 0.3) is 0 Å². The first-order chi connectivity index (χ1) is 8.19. The van der Waals surface area contributed by atoms with Crippen LogP contribution in [-0.2, 0) is 0 Å². The van der Waals surface area contributed by atoms with Gasteiger partial charge in [0.25, 0.3) is 5.91 Å². The second-order valence-electron chi connectivity index (χ2n) is 3.85. The van der Waals surface area contributed by atoms with E-state index in [0.717, 1.165) is 12.6 Å². The largest absolute Gasteiger partial charge is 0.396 e. The minimum Gasteiger partial charge on any atom is -0.396 e. The van der Waals surface area contributed by atoms with Crippen molar-refractivity contribution in [1.29, 1.82) is 0 Å². The van der Waals surface area contributed by atoms with Gasteiger partial charge in [-0.15, -0.1) is 0 Å². The van der Waals surface area contributed by atoms with Crippen LogP contribution in [-0.4, -0.2) is 29.1 Å². The molecular weight excluding hydrogens is 223 g/mol. The molecule has 0 spiro atoms. The number of hydrogen-bond donors (Lipinski definition) is 2. The van der Waals surface area contributed by atoms with Gasteiger partial charge in [0.05, 0.1) is 11.8 Å². The van der Waals surface area contributed by atoms with Gasteiger partial charge in [-0.05, 0) is 18.4 Å². The average Bonchev–Trinajstić information content (AvgIpc) is 2.34. The maximum atomic E-state index is 13.2. The van der Waals surface area contributed by atoms with Crippen molar-refractivity contribution in [3.05, 3.63) is 29.8 Å². The minimum atomic E-state index is -0.625. The summed E-state index contributed by atoms with van der Waals surface area (Å²) >= 11 is 0. The fraction of sp³-hybridized carbons (Fsp3) is 0.500. The van der Waals surface area contributed by atoms with Crippen molar-refractivity contribution in [2.75, 3.05) is 13.2 Å². The van der Waals surface area contributed by atoms with E-state index in [1.165, 1.54) is 12.3 Å². The number of pyridine rings is 1. The Kier molecular flexibility index (Phi) is 5.56. The van der Waals surface area contributed by atoms with Gasteiger partial charge in [0.1, 0.15) is 0 Å². The van der Waals surface area contributed by atoms with Crippen LogP contribution >= 0.6 is 0 Å². The maximum Gasteiger partial charge on any atom is 0.254 e. The number of aromatic nitrogens is 1. The summed E-state index contributed by atoms with van der Waals surface area (Å²) in [4.78, 5) is 15.2. The molecule has 2 N–H and O–H groups in total. The first-order valence-electron chi connectivity index (χ1n) is 5.67.